The van der Waals surface area contributed by atoms with Gasteiger partial charge in [-0.25, -0.2) is 4.98 Å². The molecule has 0 radical (unpaired) electrons. The molecular weight excluding hydrogens is 280 g/mol. The molecule has 0 fully saturated rings. The Morgan fingerprint density at radius 3 is 2.77 bits per heavy atom. The van der Waals surface area contributed by atoms with E-state index in [2.05, 4.69) is 10.3 Å². The normalized spacial score (nSPS) is 10.5. The van der Waals surface area contributed by atoms with Crippen molar-refractivity contribution in [3.8, 4) is 11.6 Å². The van der Waals surface area contributed by atoms with Gasteiger partial charge in [0, 0.05) is 24.9 Å². The molecule has 0 spiro atoms. The summed E-state index contributed by atoms with van der Waals surface area (Å²) in [5, 5.41) is 2.80. The molecule has 0 aliphatic rings. The van der Waals surface area contributed by atoms with Crippen molar-refractivity contribution >= 4 is 12.0 Å². The summed E-state index contributed by atoms with van der Waals surface area (Å²) in [7, 11) is 3.17. The molecule has 0 aliphatic heterocycles. The van der Waals surface area contributed by atoms with E-state index in [9.17, 15) is 4.79 Å². The molecule has 1 aromatic heterocycles. The molecule has 1 aromatic carbocycles. The van der Waals surface area contributed by atoms with Crippen molar-refractivity contribution < 1.29 is 14.3 Å². The number of carbonyl (C=O) groups is 1. The highest BCUT2D eigenvalue weighted by Crippen LogP contribution is 2.13. The van der Waals surface area contributed by atoms with Gasteiger partial charge in [-0.15, -0.1) is 0 Å². The van der Waals surface area contributed by atoms with Crippen molar-refractivity contribution in [3.63, 3.8) is 0 Å². The van der Waals surface area contributed by atoms with E-state index in [0.29, 0.717) is 12.4 Å². The summed E-state index contributed by atoms with van der Waals surface area (Å²) in [6.07, 6.45) is 4.90. The molecule has 0 unspecified atom stereocenters. The molecule has 0 bridgehead atoms. The van der Waals surface area contributed by atoms with Crippen LogP contribution in [0.3, 0.4) is 0 Å². The first kappa shape index (κ1) is 15.6. The van der Waals surface area contributed by atoms with E-state index < -0.39 is 0 Å². The molecule has 1 heterocycles. The third-order valence-electron chi connectivity index (χ3n) is 2.99. The van der Waals surface area contributed by atoms with Crippen LogP contribution in [0.15, 0.2) is 48.7 Å². The van der Waals surface area contributed by atoms with Crippen LogP contribution in [-0.2, 0) is 11.3 Å². The van der Waals surface area contributed by atoms with Crippen molar-refractivity contribution in [2.45, 2.75) is 6.54 Å². The van der Waals surface area contributed by atoms with Gasteiger partial charge in [0.25, 0.3) is 0 Å². The summed E-state index contributed by atoms with van der Waals surface area (Å²) < 4.78 is 10.1. The van der Waals surface area contributed by atoms with Gasteiger partial charge in [0.1, 0.15) is 5.75 Å². The molecule has 5 heteroatoms. The molecule has 5 nitrogen and oxygen atoms in total. The zero-order valence-electron chi connectivity index (χ0n) is 12.6. The Morgan fingerprint density at radius 1 is 1.23 bits per heavy atom. The zero-order valence-corrected chi connectivity index (χ0v) is 12.6. The lowest BCUT2D eigenvalue weighted by Gasteiger charge is -2.03. The van der Waals surface area contributed by atoms with E-state index in [-0.39, 0.29) is 5.91 Å². The van der Waals surface area contributed by atoms with E-state index in [0.717, 1.165) is 16.9 Å². The first-order valence-electron chi connectivity index (χ1n) is 6.80. The number of rotatable bonds is 6. The van der Waals surface area contributed by atoms with Crippen LogP contribution in [0.2, 0.25) is 0 Å². The molecule has 2 rings (SSSR count). The summed E-state index contributed by atoms with van der Waals surface area (Å²) in [5.74, 6) is 1.14. The van der Waals surface area contributed by atoms with Crippen LogP contribution in [-0.4, -0.2) is 25.1 Å². The van der Waals surface area contributed by atoms with Gasteiger partial charge in [0.2, 0.25) is 11.8 Å². The second kappa shape index (κ2) is 7.83. The van der Waals surface area contributed by atoms with Gasteiger partial charge in [-0.2, -0.15) is 0 Å². The molecule has 1 amide bonds. The molecule has 0 saturated carbocycles. The van der Waals surface area contributed by atoms with Gasteiger partial charge in [0.15, 0.2) is 0 Å². The number of hydrogen-bond acceptors (Lipinski definition) is 4. The predicted octanol–water partition coefficient (Wildman–Crippen LogP) is 2.43. The van der Waals surface area contributed by atoms with Crippen LogP contribution in [0.5, 0.6) is 11.6 Å². The SMILES string of the molecule is COc1cccc(/C=C/C(=O)NCc2ccc(OC)nc2)c1. The lowest BCUT2D eigenvalue weighted by Crippen LogP contribution is -2.20. The van der Waals surface area contributed by atoms with E-state index in [1.165, 1.54) is 6.08 Å². The second-order valence-corrected chi connectivity index (χ2v) is 4.54. The smallest absolute Gasteiger partial charge is 0.244 e. The fourth-order valence-electron chi connectivity index (χ4n) is 1.80. The fourth-order valence-corrected chi connectivity index (χ4v) is 1.80. The number of nitrogens with zero attached hydrogens (tertiary/aromatic N) is 1. The number of aromatic nitrogens is 1. The third kappa shape index (κ3) is 4.63. The topological polar surface area (TPSA) is 60.5 Å². The molecule has 0 aliphatic carbocycles. The number of amides is 1. The minimum Gasteiger partial charge on any atom is -0.497 e. The summed E-state index contributed by atoms with van der Waals surface area (Å²) in [6, 6.07) is 11.1. The number of nitrogens with one attached hydrogen (secondary N) is 1. The quantitative estimate of drug-likeness (QED) is 0.832. The highest BCUT2D eigenvalue weighted by atomic mass is 16.5. The van der Waals surface area contributed by atoms with E-state index in [4.69, 9.17) is 9.47 Å². The van der Waals surface area contributed by atoms with Gasteiger partial charge in [0.05, 0.1) is 14.2 Å². The van der Waals surface area contributed by atoms with Gasteiger partial charge >= 0.3 is 0 Å². The summed E-state index contributed by atoms with van der Waals surface area (Å²) in [4.78, 5) is 15.9. The number of benzene rings is 1. The number of ether oxygens (including phenoxy) is 2. The van der Waals surface area contributed by atoms with Crippen molar-refractivity contribution in [2.75, 3.05) is 14.2 Å². The lowest BCUT2D eigenvalue weighted by atomic mass is 10.2. The number of hydrogen-bond donors (Lipinski definition) is 1. The fraction of sp³-hybridized carbons (Fsp3) is 0.176. The standard InChI is InChI=1S/C17H18N2O3/c1-21-15-5-3-4-13(10-15)6-8-16(20)18-11-14-7-9-17(22-2)19-12-14/h3-10,12H,11H2,1-2H3,(H,18,20)/b8-6+. The summed E-state index contributed by atoms with van der Waals surface area (Å²) in [5.41, 5.74) is 1.81. The van der Waals surface area contributed by atoms with Crippen molar-refractivity contribution in [1.29, 1.82) is 0 Å². The zero-order chi connectivity index (χ0) is 15.8. The number of methoxy groups -OCH3 is 2. The Morgan fingerprint density at radius 2 is 2.09 bits per heavy atom. The average Bonchev–Trinajstić information content (AvgIpc) is 2.58. The molecule has 22 heavy (non-hydrogen) atoms. The maximum Gasteiger partial charge on any atom is 0.244 e. The number of pyridine rings is 1. The largest absolute Gasteiger partial charge is 0.497 e. The predicted molar refractivity (Wildman–Crippen MR) is 84.7 cm³/mol. The van der Waals surface area contributed by atoms with Gasteiger partial charge in [-0.1, -0.05) is 18.2 Å². The Hall–Kier alpha value is -2.82. The van der Waals surface area contributed by atoms with Crippen LogP contribution >= 0.6 is 0 Å². The second-order valence-electron chi connectivity index (χ2n) is 4.54. The highest BCUT2D eigenvalue weighted by molar-refractivity contribution is 5.91. The van der Waals surface area contributed by atoms with E-state index in [1.54, 1.807) is 32.6 Å². The van der Waals surface area contributed by atoms with E-state index in [1.807, 2.05) is 30.3 Å². The molecule has 0 atom stereocenters. The van der Waals surface area contributed by atoms with Gasteiger partial charge < -0.3 is 14.8 Å². The van der Waals surface area contributed by atoms with Crippen LogP contribution < -0.4 is 14.8 Å². The van der Waals surface area contributed by atoms with Crippen LogP contribution in [0.25, 0.3) is 6.08 Å². The highest BCUT2D eigenvalue weighted by Gasteiger charge is 1.99. The summed E-state index contributed by atoms with van der Waals surface area (Å²) >= 11 is 0. The molecular formula is C17H18N2O3. The minimum absolute atomic E-state index is 0.168. The molecule has 114 valence electrons. The van der Waals surface area contributed by atoms with Crippen molar-refractivity contribution in [1.82, 2.24) is 10.3 Å². The Bertz CT molecular complexity index is 651. The maximum absolute atomic E-state index is 11.8. The van der Waals surface area contributed by atoms with Crippen LogP contribution in [0, 0.1) is 0 Å². The average molecular weight is 298 g/mol. The minimum atomic E-state index is -0.168. The van der Waals surface area contributed by atoms with E-state index >= 15 is 0 Å². The van der Waals surface area contributed by atoms with Gasteiger partial charge in [-0.3, -0.25) is 4.79 Å². The monoisotopic (exact) mass is 298 g/mol. The summed E-state index contributed by atoms with van der Waals surface area (Å²) in [6.45, 7) is 0.415. The third-order valence-corrected chi connectivity index (χ3v) is 2.99. The maximum atomic E-state index is 11.8. The Kier molecular flexibility index (Phi) is 5.54. The van der Waals surface area contributed by atoms with Crippen LogP contribution in [0.4, 0.5) is 0 Å². The molecule has 2 aromatic rings. The molecule has 1 N–H and O–H groups in total. The Balaban J connectivity index is 1.87. The molecule has 0 saturated heterocycles. The van der Waals surface area contributed by atoms with Gasteiger partial charge in [-0.05, 0) is 29.3 Å². The number of carbonyl (C=O) groups excluding carboxylic acids is 1. The first-order valence-corrected chi connectivity index (χ1v) is 6.80. The Labute approximate surface area is 129 Å². The first-order chi connectivity index (χ1) is 10.7. The lowest BCUT2D eigenvalue weighted by molar-refractivity contribution is -0.116. The van der Waals surface area contributed by atoms with Crippen LogP contribution in [0.1, 0.15) is 11.1 Å². The van der Waals surface area contributed by atoms with Crippen molar-refractivity contribution in [3.05, 3.63) is 59.8 Å². The van der Waals surface area contributed by atoms with Crippen molar-refractivity contribution in [2.24, 2.45) is 0 Å².